The molecule has 5 heteroatoms. The highest BCUT2D eigenvalue weighted by molar-refractivity contribution is 7.59. The van der Waals surface area contributed by atoms with Crippen molar-refractivity contribution in [1.82, 2.24) is 0 Å². The molecule has 0 aliphatic carbocycles. The topological polar surface area (TPSA) is 40.1 Å². The molecule has 0 fully saturated rings. The van der Waals surface area contributed by atoms with Crippen molar-refractivity contribution in [2.24, 2.45) is 0 Å². The second-order valence-corrected chi connectivity index (χ2v) is 0.638. The molecular formula is H2FO2PS. The van der Waals surface area contributed by atoms with Gasteiger partial charge in [0.1, 0.15) is 0 Å². The first kappa shape index (κ1) is 9.02. The maximum absolute atomic E-state index is 9.95. The highest BCUT2D eigenvalue weighted by Gasteiger charge is 1.81. The minimum absolute atomic E-state index is 0. The zero-order chi connectivity index (χ0) is 3.58. The second kappa shape index (κ2) is 4.34. The van der Waals surface area contributed by atoms with Crippen molar-refractivity contribution in [1.29, 1.82) is 0 Å². The van der Waals surface area contributed by atoms with Gasteiger partial charge in [-0.05, 0) is 4.57 Å². The standard InChI is InChI=1S/FO2P.H2S/c1-4(2)3;/h;1H2. The number of hydrogen-bond donors (Lipinski definition) is 0. The SMILES string of the molecule is O=[P+]([O-])F.S. The third kappa shape index (κ3) is 206. The van der Waals surface area contributed by atoms with E-state index in [-0.39, 0.29) is 13.5 Å². The maximum Gasteiger partial charge on any atom is 0.540 e. The van der Waals surface area contributed by atoms with Crippen molar-refractivity contribution in [3.05, 3.63) is 0 Å². The second-order valence-electron chi connectivity index (χ2n) is 0.213. The van der Waals surface area contributed by atoms with Crippen molar-refractivity contribution < 1.29 is 13.7 Å². The number of halogens is 1. The third-order valence-electron chi connectivity index (χ3n) is 0. The van der Waals surface area contributed by atoms with Gasteiger partial charge < -0.3 is 4.89 Å². The van der Waals surface area contributed by atoms with Crippen LogP contribution < -0.4 is 4.89 Å². The van der Waals surface area contributed by atoms with E-state index < -0.39 is 8.34 Å². The molecule has 2 nitrogen and oxygen atoms in total. The van der Waals surface area contributed by atoms with Crippen LogP contribution in [-0.2, 0) is 4.57 Å². The predicted octanol–water partition coefficient (Wildman–Crippen LogP) is 0.0864. The predicted molar refractivity (Wildman–Crippen MR) is 19.1 cm³/mol. The zero-order valence-corrected chi connectivity index (χ0v) is 4.04. The van der Waals surface area contributed by atoms with Gasteiger partial charge in [-0.25, -0.2) is 0 Å². The first-order valence-electron chi connectivity index (χ1n) is 0.534. The minimum atomic E-state index is -3.62. The van der Waals surface area contributed by atoms with Crippen molar-refractivity contribution in [2.75, 3.05) is 0 Å². The number of hydrogen-bond acceptors (Lipinski definition) is 2. The smallest absolute Gasteiger partial charge is 0.540 e. The Kier molecular flexibility index (Phi) is 7.83. The minimum Gasteiger partial charge on any atom is -0.562 e. The lowest BCUT2D eigenvalue weighted by Gasteiger charge is -1.50. The monoisotopic (exact) mass is 116 g/mol. The lowest BCUT2D eigenvalue weighted by Crippen LogP contribution is -1.74. The lowest BCUT2D eigenvalue weighted by molar-refractivity contribution is -0.174. The van der Waals surface area contributed by atoms with Crippen LogP contribution in [0.4, 0.5) is 4.20 Å². The van der Waals surface area contributed by atoms with Gasteiger partial charge in [-0.2, -0.15) is 13.5 Å². The van der Waals surface area contributed by atoms with E-state index in [1.807, 2.05) is 0 Å². The van der Waals surface area contributed by atoms with Crippen LogP contribution >= 0.6 is 21.8 Å². The molecule has 0 saturated carbocycles. The molecule has 0 bridgehead atoms. The van der Waals surface area contributed by atoms with Gasteiger partial charge in [-0.3, -0.25) is 0 Å². The molecule has 0 saturated heterocycles. The molecule has 0 heterocycles. The van der Waals surface area contributed by atoms with Gasteiger partial charge in [0.15, 0.2) is 0 Å². The fourth-order valence-electron chi connectivity index (χ4n) is 0. The van der Waals surface area contributed by atoms with Crippen LogP contribution in [0.3, 0.4) is 0 Å². The van der Waals surface area contributed by atoms with Crippen LogP contribution in [0.5, 0.6) is 0 Å². The zero-order valence-electron chi connectivity index (χ0n) is 2.14. The van der Waals surface area contributed by atoms with E-state index in [1.54, 1.807) is 0 Å². The highest BCUT2D eigenvalue weighted by Crippen LogP contribution is 2.03. The summed E-state index contributed by atoms with van der Waals surface area (Å²) in [5, 5.41) is 0. The Labute approximate surface area is 36.4 Å². The van der Waals surface area contributed by atoms with Gasteiger partial charge in [-0.1, -0.05) is 0 Å². The van der Waals surface area contributed by atoms with Gasteiger partial charge in [-0.15, -0.1) is 0 Å². The van der Waals surface area contributed by atoms with E-state index in [9.17, 15) is 4.20 Å². The maximum atomic E-state index is 9.95. The Balaban J connectivity index is 0. The van der Waals surface area contributed by atoms with Crippen LogP contribution in [0.25, 0.3) is 0 Å². The fourth-order valence-corrected chi connectivity index (χ4v) is 0. The third-order valence-corrected chi connectivity index (χ3v) is 0. The van der Waals surface area contributed by atoms with Gasteiger partial charge in [0, 0.05) is 0 Å². The quantitative estimate of drug-likeness (QED) is 0.420. The van der Waals surface area contributed by atoms with Gasteiger partial charge >= 0.3 is 8.34 Å². The summed E-state index contributed by atoms with van der Waals surface area (Å²) in [6.45, 7) is 0. The summed E-state index contributed by atoms with van der Waals surface area (Å²) in [5.74, 6) is 0. The molecule has 1 atom stereocenters. The first-order valence-corrected chi connectivity index (χ1v) is 1.60. The molecule has 0 amide bonds. The van der Waals surface area contributed by atoms with Crippen LogP contribution in [0.1, 0.15) is 0 Å². The van der Waals surface area contributed by atoms with Crippen molar-refractivity contribution in [3.63, 3.8) is 0 Å². The lowest BCUT2D eigenvalue weighted by atomic mass is 15.9. The molecule has 0 aliphatic rings. The Morgan fingerprint density at radius 1 is 1.80 bits per heavy atom. The summed E-state index contributed by atoms with van der Waals surface area (Å²) >= 11 is 0. The fraction of sp³-hybridized carbons (Fsp3) is 0. The highest BCUT2D eigenvalue weighted by atomic mass is 32.1. The molecule has 0 aromatic carbocycles. The van der Waals surface area contributed by atoms with E-state index in [2.05, 4.69) is 0 Å². The van der Waals surface area contributed by atoms with Crippen molar-refractivity contribution in [3.8, 4) is 0 Å². The van der Waals surface area contributed by atoms with Gasteiger partial charge in [0.25, 0.3) is 0 Å². The molecule has 0 spiro atoms. The van der Waals surface area contributed by atoms with Crippen LogP contribution in [0, 0.1) is 0 Å². The Bertz CT molecular complexity index is 32.6. The van der Waals surface area contributed by atoms with Crippen molar-refractivity contribution >= 4 is 21.8 Å². The molecule has 0 N–H and O–H groups in total. The molecule has 0 aromatic rings. The number of rotatable bonds is 0. The first-order chi connectivity index (χ1) is 1.73. The average molecular weight is 116 g/mol. The summed E-state index contributed by atoms with van der Waals surface area (Å²) in [6, 6.07) is 0. The average Bonchev–Trinajstić information content (AvgIpc) is 0.811. The van der Waals surface area contributed by atoms with Gasteiger partial charge in [0.2, 0.25) is 0 Å². The molecule has 0 aromatic heterocycles. The molecule has 0 radical (unpaired) electrons. The van der Waals surface area contributed by atoms with E-state index >= 15 is 0 Å². The molecule has 5 heavy (non-hydrogen) atoms. The summed E-state index contributed by atoms with van der Waals surface area (Å²) < 4.78 is 18.3. The summed E-state index contributed by atoms with van der Waals surface area (Å²) in [4.78, 5) is 8.37. The summed E-state index contributed by atoms with van der Waals surface area (Å²) in [7, 11) is -3.62. The summed E-state index contributed by atoms with van der Waals surface area (Å²) in [5.41, 5.74) is 0. The van der Waals surface area contributed by atoms with E-state index in [4.69, 9.17) is 9.46 Å². The van der Waals surface area contributed by atoms with E-state index in [0.717, 1.165) is 0 Å². The summed E-state index contributed by atoms with van der Waals surface area (Å²) in [6.07, 6.45) is 0. The molecule has 1 unspecified atom stereocenters. The van der Waals surface area contributed by atoms with E-state index in [1.165, 1.54) is 0 Å². The van der Waals surface area contributed by atoms with Crippen LogP contribution in [0.15, 0.2) is 0 Å². The molecule has 0 rings (SSSR count). The van der Waals surface area contributed by atoms with E-state index in [0.29, 0.717) is 0 Å². The van der Waals surface area contributed by atoms with Crippen LogP contribution in [-0.4, -0.2) is 0 Å². The Morgan fingerprint density at radius 2 is 1.80 bits per heavy atom. The van der Waals surface area contributed by atoms with Crippen molar-refractivity contribution in [2.45, 2.75) is 0 Å². The Morgan fingerprint density at radius 3 is 1.80 bits per heavy atom. The van der Waals surface area contributed by atoms with Crippen LogP contribution in [0.2, 0.25) is 0 Å². The Hall–Kier alpha value is 0.340. The molecule has 32 valence electrons. The van der Waals surface area contributed by atoms with Gasteiger partial charge in [0.05, 0.1) is 4.20 Å². The normalized spacial score (nSPS) is 8.80. The molecular weight excluding hydrogens is 114 g/mol. The largest absolute Gasteiger partial charge is 0.562 e. The molecule has 0 aliphatic heterocycles.